The second-order valence-corrected chi connectivity index (χ2v) is 9.00. The Labute approximate surface area is 187 Å². The van der Waals surface area contributed by atoms with E-state index in [1.165, 1.54) is 16.2 Å². The monoisotopic (exact) mass is 458 g/mol. The number of nitrogens with zero attached hydrogens (tertiary/aromatic N) is 2. The fourth-order valence-electron chi connectivity index (χ4n) is 3.52. The molecule has 1 fully saturated rings. The molecule has 1 aromatic heterocycles. The van der Waals surface area contributed by atoms with Crippen LogP contribution >= 0.6 is 34.5 Å². The van der Waals surface area contributed by atoms with Gasteiger partial charge in [-0.15, -0.1) is 11.3 Å². The SMILES string of the molecule is Cc1nc(N2C(=O)C(=O)C(C(=O)c3ccccc3)C2c2ccc(Cl)c(Cl)c2)sc1C. The van der Waals surface area contributed by atoms with Gasteiger partial charge in [-0.25, -0.2) is 4.98 Å². The average Bonchev–Trinajstić information content (AvgIpc) is 3.20. The van der Waals surface area contributed by atoms with Gasteiger partial charge >= 0.3 is 0 Å². The van der Waals surface area contributed by atoms with E-state index in [2.05, 4.69) is 4.98 Å². The van der Waals surface area contributed by atoms with Crippen molar-refractivity contribution < 1.29 is 14.4 Å². The van der Waals surface area contributed by atoms with Gasteiger partial charge in [0.2, 0.25) is 5.78 Å². The Kier molecular flexibility index (Phi) is 5.49. The highest BCUT2D eigenvalue weighted by molar-refractivity contribution is 7.16. The Hall–Kier alpha value is -2.54. The Bertz CT molecular complexity index is 1160. The highest BCUT2D eigenvalue weighted by Gasteiger charge is 2.53. The summed E-state index contributed by atoms with van der Waals surface area (Å²) in [6, 6.07) is 12.5. The van der Waals surface area contributed by atoms with Crippen LogP contribution < -0.4 is 4.90 Å². The van der Waals surface area contributed by atoms with Gasteiger partial charge in [-0.2, -0.15) is 0 Å². The van der Waals surface area contributed by atoms with Crippen LogP contribution in [0.5, 0.6) is 0 Å². The van der Waals surface area contributed by atoms with Crippen LogP contribution in [0.2, 0.25) is 10.0 Å². The Morgan fingerprint density at radius 1 is 1.03 bits per heavy atom. The minimum atomic E-state index is -1.21. The molecule has 2 unspecified atom stereocenters. The zero-order chi connectivity index (χ0) is 21.6. The van der Waals surface area contributed by atoms with Crippen LogP contribution in [0.4, 0.5) is 5.13 Å². The number of hydrogen-bond donors (Lipinski definition) is 0. The van der Waals surface area contributed by atoms with Gasteiger partial charge in [0.25, 0.3) is 5.91 Å². The summed E-state index contributed by atoms with van der Waals surface area (Å²) in [5.41, 5.74) is 1.67. The molecule has 1 aliphatic heterocycles. The molecule has 0 bridgehead atoms. The van der Waals surface area contributed by atoms with Crippen molar-refractivity contribution in [3.8, 4) is 0 Å². The topological polar surface area (TPSA) is 67.3 Å². The van der Waals surface area contributed by atoms with Crippen LogP contribution in [0.15, 0.2) is 48.5 Å². The lowest BCUT2D eigenvalue weighted by Crippen LogP contribution is -2.30. The summed E-state index contributed by atoms with van der Waals surface area (Å²) in [5.74, 6) is -3.14. The molecule has 1 saturated heterocycles. The molecule has 0 saturated carbocycles. The molecule has 3 aromatic rings. The minimum Gasteiger partial charge on any atom is -0.293 e. The highest BCUT2D eigenvalue weighted by Crippen LogP contribution is 2.44. The molecule has 30 heavy (non-hydrogen) atoms. The normalized spacial score (nSPS) is 18.9. The van der Waals surface area contributed by atoms with Crippen molar-refractivity contribution in [2.24, 2.45) is 5.92 Å². The van der Waals surface area contributed by atoms with Crippen molar-refractivity contribution in [2.45, 2.75) is 19.9 Å². The predicted molar refractivity (Wildman–Crippen MR) is 118 cm³/mol. The number of carbonyl (C=O) groups is 3. The third-order valence-corrected chi connectivity index (χ3v) is 6.97. The molecule has 0 N–H and O–H groups in total. The maximum absolute atomic E-state index is 13.3. The van der Waals surface area contributed by atoms with E-state index in [4.69, 9.17) is 23.2 Å². The lowest BCUT2D eigenvalue weighted by molar-refractivity contribution is -0.135. The van der Waals surface area contributed by atoms with Crippen molar-refractivity contribution >= 4 is 57.1 Å². The molecule has 0 radical (unpaired) electrons. The Morgan fingerprint density at radius 2 is 1.73 bits per heavy atom. The van der Waals surface area contributed by atoms with Gasteiger partial charge in [0.1, 0.15) is 5.92 Å². The maximum atomic E-state index is 13.3. The quantitative estimate of drug-likeness (QED) is 0.305. The number of carbonyl (C=O) groups excluding carboxylic acids is 3. The Balaban J connectivity index is 1.89. The molecular formula is C22H16Cl2N2O3S. The van der Waals surface area contributed by atoms with Crippen LogP contribution in [0, 0.1) is 19.8 Å². The van der Waals surface area contributed by atoms with Gasteiger partial charge < -0.3 is 0 Å². The molecule has 1 amide bonds. The lowest BCUT2D eigenvalue weighted by atomic mass is 9.86. The zero-order valence-electron chi connectivity index (χ0n) is 16.1. The van der Waals surface area contributed by atoms with E-state index in [0.29, 0.717) is 21.3 Å². The molecule has 2 atom stereocenters. The number of ketones is 2. The van der Waals surface area contributed by atoms with E-state index in [9.17, 15) is 14.4 Å². The lowest BCUT2D eigenvalue weighted by Gasteiger charge is -2.25. The minimum absolute atomic E-state index is 0.276. The molecule has 0 spiro atoms. The molecule has 152 valence electrons. The Morgan fingerprint density at radius 3 is 2.33 bits per heavy atom. The smallest absolute Gasteiger partial charge is 0.293 e. The number of thiazole rings is 1. The molecule has 8 heteroatoms. The van der Waals surface area contributed by atoms with Gasteiger partial charge in [-0.1, -0.05) is 59.6 Å². The first kappa shape index (κ1) is 20.7. The number of aromatic nitrogens is 1. The number of rotatable bonds is 4. The van der Waals surface area contributed by atoms with Crippen LogP contribution in [0.1, 0.15) is 32.5 Å². The average molecular weight is 459 g/mol. The van der Waals surface area contributed by atoms with E-state index in [0.717, 1.165) is 10.6 Å². The summed E-state index contributed by atoms with van der Waals surface area (Å²) < 4.78 is 0. The summed E-state index contributed by atoms with van der Waals surface area (Å²) in [5, 5.41) is 0.996. The first-order valence-corrected chi connectivity index (χ1v) is 10.7. The first-order chi connectivity index (χ1) is 14.3. The van der Waals surface area contributed by atoms with Crippen molar-refractivity contribution in [2.75, 3.05) is 4.90 Å². The molecule has 2 heterocycles. The van der Waals surface area contributed by atoms with Crippen LogP contribution in [-0.2, 0) is 9.59 Å². The fraction of sp³-hybridized carbons (Fsp3) is 0.182. The zero-order valence-corrected chi connectivity index (χ0v) is 18.4. The number of benzene rings is 2. The van der Waals surface area contributed by atoms with Gasteiger partial charge in [0.05, 0.1) is 21.8 Å². The third kappa shape index (κ3) is 3.45. The summed E-state index contributed by atoms with van der Waals surface area (Å²) in [6.07, 6.45) is 0. The number of aryl methyl sites for hydroxylation is 2. The molecule has 2 aromatic carbocycles. The molecule has 5 nitrogen and oxygen atoms in total. The second kappa shape index (κ2) is 7.95. The van der Waals surface area contributed by atoms with E-state index < -0.39 is 29.4 Å². The predicted octanol–water partition coefficient (Wildman–Crippen LogP) is 5.22. The van der Waals surface area contributed by atoms with Crippen LogP contribution in [0.3, 0.4) is 0 Å². The third-order valence-electron chi connectivity index (χ3n) is 5.16. The van der Waals surface area contributed by atoms with E-state index in [-0.39, 0.29) is 5.02 Å². The molecule has 0 aliphatic carbocycles. The van der Waals surface area contributed by atoms with Crippen LogP contribution in [0.25, 0.3) is 0 Å². The number of anilines is 1. The fourth-order valence-corrected chi connectivity index (χ4v) is 4.77. The number of hydrogen-bond acceptors (Lipinski definition) is 5. The van der Waals surface area contributed by atoms with Crippen molar-refractivity contribution in [1.29, 1.82) is 0 Å². The summed E-state index contributed by atoms with van der Waals surface area (Å²) in [7, 11) is 0. The van der Waals surface area contributed by atoms with Crippen molar-refractivity contribution in [1.82, 2.24) is 4.98 Å². The van der Waals surface area contributed by atoms with Gasteiger partial charge in [-0.3, -0.25) is 19.3 Å². The van der Waals surface area contributed by atoms with Crippen LogP contribution in [-0.4, -0.2) is 22.5 Å². The second-order valence-electron chi connectivity index (χ2n) is 7.00. The van der Waals surface area contributed by atoms with Gasteiger partial charge in [0, 0.05) is 10.4 Å². The number of halogens is 2. The first-order valence-electron chi connectivity index (χ1n) is 9.15. The standard InChI is InChI=1S/C22H16Cl2N2O3S/c1-11-12(2)30-22(25-11)26-18(14-8-9-15(23)16(24)10-14)17(20(28)21(26)29)19(27)13-6-4-3-5-7-13/h3-10,17-18H,1-2H3. The summed E-state index contributed by atoms with van der Waals surface area (Å²) in [4.78, 5) is 46.1. The number of amides is 1. The molecule has 1 aliphatic rings. The van der Waals surface area contributed by atoms with E-state index in [1.807, 2.05) is 13.8 Å². The van der Waals surface area contributed by atoms with E-state index in [1.54, 1.807) is 48.5 Å². The summed E-state index contributed by atoms with van der Waals surface area (Å²) in [6.45, 7) is 3.72. The number of Topliss-reactive ketones (excluding diaryl/α,β-unsaturated/α-hetero) is 2. The van der Waals surface area contributed by atoms with Crippen molar-refractivity contribution in [3.05, 3.63) is 80.3 Å². The van der Waals surface area contributed by atoms with Crippen molar-refractivity contribution in [3.63, 3.8) is 0 Å². The summed E-state index contributed by atoms with van der Waals surface area (Å²) >= 11 is 13.6. The maximum Gasteiger partial charge on any atom is 0.297 e. The van der Waals surface area contributed by atoms with Gasteiger partial charge in [-0.05, 0) is 31.5 Å². The van der Waals surface area contributed by atoms with E-state index >= 15 is 0 Å². The molecular weight excluding hydrogens is 443 g/mol. The highest BCUT2D eigenvalue weighted by atomic mass is 35.5. The van der Waals surface area contributed by atoms with Gasteiger partial charge in [0.15, 0.2) is 10.9 Å². The molecule has 4 rings (SSSR count). The largest absolute Gasteiger partial charge is 0.297 e.